The second-order valence-corrected chi connectivity index (χ2v) is 8.15. The Morgan fingerprint density at radius 3 is 2.37 bits per heavy atom. The number of fused-ring (bicyclic) bond motifs is 1. The molecule has 2 aromatic rings. The fraction of sp³-hybridized carbons (Fsp3) is 0.375. The number of hydrogen-bond donors (Lipinski definition) is 2. The van der Waals surface area contributed by atoms with E-state index in [4.69, 9.17) is 4.99 Å². The van der Waals surface area contributed by atoms with Gasteiger partial charge in [0.05, 0.1) is 23.4 Å². The number of likely N-dealkylation sites (N-methyl/N-ethyl adjacent to an activating group) is 1. The zero-order valence-electron chi connectivity index (χ0n) is 17.9. The van der Waals surface area contributed by atoms with Gasteiger partial charge < -0.3 is 15.3 Å². The number of aliphatic hydroxyl groups excluding tert-OH is 1. The highest BCUT2D eigenvalue weighted by Gasteiger charge is 2.33. The lowest BCUT2D eigenvalue weighted by molar-refractivity contribution is -0.132. The minimum atomic E-state index is -1.07. The van der Waals surface area contributed by atoms with E-state index < -0.39 is 18.2 Å². The van der Waals surface area contributed by atoms with Crippen LogP contribution in [0.4, 0.5) is 5.69 Å². The van der Waals surface area contributed by atoms with Gasteiger partial charge in [0.1, 0.15) is 0 Å². The Morgan fingerprint density at radius 1 is 1.10 bits per heavy atom. The first-order chi connectivity index (χ1) is 14.3. The molecule has 2 amide bonds. The number of nitrogens with one attached hydrogen (secondary N) is 1. The molecule has 0 aromatic heterocycles. The average molecular weight is 408 g/mol. The number of carbonyl (C=O) groups is 2. The second-order valence-electron chi connectivity index (χ2n) is 8.15. The Kier molecular flexibility index (Phi) is 6.67. The summed E-state index contributed by atoms with van der Waals surface area (Å²) in [6, 6.07) is 17.2. The van der Waals surface area contributed by atoms with Crippen LogP contribution in [0.3, 0.4) is 0 Å². The summed E-state index contributed by atoms with van der Waals surface area (Å²) in [5, 5.41) is 12.9. The van der Waals surface area contributed by atoms with Gasteiger partial charge in [-0.1, -0.05) is 62.4 Å². The molecular weight excluding hydrogens is 378 g/mol. The predicted octanol–water partition coefficient (Wildman–Crippen LogP) is 2.99. The summed E-state index contributed by atoms with van der Waals surface area (Å²) in [4.78, 5) is 32.4. The summed E-state index contributed by atoms with van der Waals surface area (Å²) in [7, 11) is 1.68. The summed E-state index contributed by atoms with van der Waals surface area (Å²) in [5.41, 5.74) is 3.06. The van der Waals surface area contributed by atoms with Crippen molar-refractivity contribution in [2.45, 2.75) is 39.5 Å². The van der Waals surface area contributed by atoms with Crippen molar-refractivity contribution in [1.29, 1.82) is 0 Å². The maximum Gasteiger partial charge on any atom is 0.272 e. The van der Waals surface area contributed by atoms with Gasteiger partial charge >= 0.3 is 0 Å². The predicted molar refractivity (Wildman–Crippen MR) is 118 cm³/mol. The largest absolute Gasteiger partial charge is 0.393 e. The van der Waals surface area contributed by atoms with Crippen LogP contribution >= 0.6 is 0 Å². The molecule has 6 heteroatoms. The molecular formula is C24H29N3O3. The molecule has 1 aliphatic rings. The number of hydrogen-bond acceptors (Lipinski definition) is 4. The third-order valence-corrected chi connectivity index (χ3v) is 5.31. The smallest absolute Gasteiger partial charge is 0.272 e. The van der Waals surface area contributed by atoms with Gasteiger partial charge in [-0.25, -0.2) is 4.99 Å². The molecule has 0 aliphatic carbocycles. The van der Waals surface area contributed by atoms with Crippen molar-refractivity contribution in [2.75, 3.05) is 11.9 Å². The maximum atomic E-state index is 13.2. The summed E-state index contributed by atoms with van der Waals surface area (Å²) in [6.45, 7) is 5.59. The normalized spacial score (nSPS) is 18.3. The number of benzodiazepines with no additional fused rings is 1. The first-order valence-corrected chi connectivity index (χ1v) is 10.3. The van der Waals surface area contributed by atoms with Crippen LogP contribution in [0.15, 0.2) is 59.6 Å². The highest BCUT2D eigenvalue weighted by atomic mass is 16.3. The van der Waals surface area contributed by atoms with Crippen molar-refractivity contribution in [1.82, 2.24) is 5.32 Å². The standard InChI is InChI=1S/C24H29N3O3/c1-15(2)14-19(16(3)28)23(29)26-22-24(30)27(4)20-13-9-8-12-18(20)21(25-22)17-10-6-5-7-11-17/h5-13,15-16,19,22,28H,14H2,1-4H3,(H,26,29)/t16-,19+,22?/m0/s1. The van der Waals surface area contributed by atoms with Crippen LogP contribution in [0.2, 0.25) is 0 Å². The van der Waals surface area contributed by atoms with E-state index in [1.807, 2.05) is 68.4 Å². The van der Waals surface area contributed by atoms with E-state index in [0.29, 0.717) is 12.1 Å². The molecule has 1 aliphatic heterocycles. The number of nitrogens with zero attached hydrogens (tertiary/aromatic N) is 2. The Labute approximate surface area is 177 Å². The molecule has 2 N–H and O–H groups in total. The Bertz CT molecular complexity index is 938. The second kappa shape index (κ2) is 9.22. The lowest BCUT2D eigenvalue weighted by atomic mass is 9.92. The zero-order valence-corrected chi connectivity index (χ0v) is 17.9. The summed E-state index contributed by atoms with van der Waals surface area (Å²) in [6.07, 6.45) is -1.37. The van der Waals surface area contributed by atoms with Crippen LogP contribution in [0.25, 0.3) is 0 Å². The van der Waals surface area contributed by atoms with E-state index in [-0.39, 0.29) is 17.7 Å². The minimum absolute atomic E-state index is 0.232. The molecule has 0 spiro atoms. The quantitative estimate of drug-likeness (QED) is 0.772. The molecule has 2 aromatic carbocycles. The number of anilines is 1. The molecule has 3 rings (SSSR count). The topological polar surface area (TPSA) is 82.0 Å². The molecule has 1 heterocycles. The van der Waals surface area contributed by atoms with Crippen molar-refractivity contribution in [3.8, 4) is 0 Å². The molecule has 30 heavy (non-hydrogen) atoms. The summed E-state index contributed by atoms with van der Waals surface area (Å²) < 4.78 is 0. The van der Waals surface area contributed by atoms with Crippen LogP contribution in [0.5, 0.6) is 0 Å². The first-order valence-electron chi connectivity index (χ1n) is 10.3. The fourth-order valence-electron chi connectivity index (χ4n) is 3.72. The third-order valence-electron chi connectivity index (χ3n) is 5.31. The number of rotatable bonds is 6. The molecule has 6 nitrogen and oxygen atoms in total. The fourth-order valence-corrected chi connectivity index (χ4v) is 3.72. The van der Waals surface area contributed by atoms with Gasteiger partial charge in [0.25, 0.3) is 5.91 Å². The highest BCUT2D eigenvalue weighted by Crippen LogP contribution is 2.27. The van der Waals surface area contributed by atoms with Gasteiger partial charge in [-0.05, 0) is 25.3 Å². The van der Waals surface area contributed by atoms with E-state index in [0.717, 1.165) is 16.8 Å². The SMILES string of the molecule is CC(C)C[C@@H](C(=O)NC1N=C(c2ccccc2)c2ccccc2N(C)C1=O)[C@H](C)O. The third kappa shape index (κ3) is 4.60. The number of amides is 2. The van der Waals surface area contributed by atoms with E-state index in [9.17, 15) is 14.7 Å². The van der Waals surface area contributed by atoms with Crippen LogP contribution in [0.1, 0.15) is 38.3 Å². The summed E-state index contributed by atoms with van der Waals surface area (Å²) >= 11 is 0. The van der Waals surface area contributed by atoms with Crippen molar-refractivity contribution in [2.24, 2.45) is 16.8 Å². The number of aliphatic hydroxyl groups is 1. The average Bonchev–Trinajstić information content (AvgIpc) is 2.83. The van der Waals surface area contributed by atoms with Gasteiger partial charge in [-0.3, -0.25) is 9.59 Å². The van der Waals surface area contributed by atoms with E-state index >= 15 is 0 Å². The van der Waals surface area contributed by atoms with Gasteiger partial charge in [-0.15, -0.1) is 0 Å². The minimum Gasteiger partial charge on any atom is -0.393 e. The molecule has 0 saturated carbocycles. The number of carbonyl (C=O) groups excluding carboxylic acids is 2. The number of aliphatic imine (C=N–C) groups is 1. The lowest BCUT2D eigenvalue weighted by Gasteiger charge is -2.25. The van der Waals surface area contributed by atoms with E-state index in [2.05, 4.69) is 5.32 Å². The molecule has 158 valence electrons. The Morgan fingerprint density at radius 2 is 1.73 bits per heavy atom. The van der Waals surface area contributed by atoms with Crippen molar-refractivity contribution in [3.05, 3.63) is 65.7 Å². The lowest BCUT2D eigenvalue weighted by Crippen LogP contribution is -2.49. The van der Waals surface area contributed by atoms with E-state index in [1.165, 1.54) is 4.90 Å². The monoisotopic (exact) mass is 407 g/mol. The highest BCUT2D eigenvalue weighted by molar-refractivity contribution is 6.20. The van der Waals surface area contributed by atoms with Crippen LogP contribution < -0.4 is 10.2 Å². The van der Waals surface area contributed by atoms with Gasteiger partial charge in [0, 0.05) is 18.2 Å². The van der Waals surface area contributed by atoms with Crippen LogP contribution in [0, 0.1) is 11.8 Å². The Hall–Kier alpha value is -2.99. The molecule has 0 saturated heterocycles. The zero-order chi connectivity index (χ0) is 21.8. The van der Waals surface area contributed by atoms with Crippen LogP contribution in [-0.4, -0.2) is 41.9 Å². The molecule has 0 fully saturated rings. The van der Waals surface area contributed by atoms with Crippen molar-refractivity contribution < 1.29 is 14.7 Å². The van der Waals surface area contributed by atoms with Gasteiger partial charge in [0.2, 0.25) is 12.1 Å². The van der Waals surface area contributed by atoms with E-state index in [1.54, 1.807) is 14.0 Å². The maximum absolute atomic E-state index is 13.2. The van der Waals surface area contributed by atoms with Crippen molar-refractivity contribution in [3.63, 3.8) is 0 Å². The molecule has 0 radical (unpaired) electrons. The molecule has 1 unspecified atom stereocenters. The first kappa shape index (κ1) is 21.7. The van der Waals surface area contributed by atoms with Crippen LogP contribution in [-0.2, 0) is 9.59 Å². The number of benzene rings is 2. The Balaban J connectivity index is 2.02. The molecule has 0 bridgehead atoms. The van der Waals surface area contributed by atoms with Gasteiger partial charge in [-0.2, -0.15) is 0 Å². The molecule has 3 atom stereocenters. The van der Waals surface area contributed by atoms with Crippen molar-refractivity contribution >= 4 is 23.2 Å². The number of para-hydroxylation sites is 1. The summed E-state index contributed by atoms with van der Waals surface area (Å²) in [5.74, 6) is -1.07. The van der Waals surface area contributed by atoms with Gasteiger partial charge in [0.15, 0.2) is 0 Å².